The lowest BCUT2D eigenvalue weighted by Crippen LogP contribution is -2.54. The predicted molar refractivity (Wildman–Crippen MR) is 128 cm³/mol. The molecule has 0 aliphatic carbocycles. The van der Waals surface area contributed by atoms with Crippen molar-refractivity contribution in [2.75, 3.05) is 27.2 Å². The Balaban J connectivity index is 1.58. The van der Waals surface area contributed by atoms with Crippen molar-refractivity contribution in [2.45, 2.75) is 25.7 Å². The maximum Gasteiger partial charge on any atom is 0.230 e. The molecule has 3 aromatic rings. The van der Waals surface area contributed by atoms with Crippen molar-refractivity contribution >= 4 is 23.2 Å². The third-order valence-corrected chi connectivity index (χ3v) is 7.04. The summed E-state index contributed by atoms with van der Waals surface area (Å²) < 4.78 is 0. The lowest BCUT2D eigenvalue weighted by atomic mass is 9.73. The molecule has 0 unspecified atom stereocenters. The van der Waals surface area contributed by atoms with E-state index in [0.29, 0.717) is 19.5 Å². The molecule has 1 fully saturated rings. The van der Waals surface area contributed by atoms with E-state index in [0.717, 1.165) is 24.1 Å². The number of amides is 2. The van der Waals surface area contributed by atoms with Crippen LogP contribution in [0.3, 0.4) is 0 Å². The Morgan fingerprint density at radius 3 is 2.72 bits per heavy atom. The molecule has 5 nitrogen and oxygen atoms in total. The number of piperidine rings is 1. The van der Waals surface area contributed by atoms with Gasteiger partial charge in [-0.2, -0.15) is 0 Å². The fourth-order valence-corrected chi connectivity index (χ4v) is 5.37. The number of carbonyl (C=O) groups excluding carboxylic acids is 2. The van der Waals surface area contributed by atoms with Gasteiger partial charge in [-0.25, -0.2) is 0 Å². The van der Waals surface area contributed by atoms with Crippen molar-refractivity contribution in [1.82, 2.24) is 14.8 Å². The molecule has 1 aliphatic heterocycles. The number of pyridine rings is 1. The van der Waals surface area contributed by atoms with E-state index in [4.69, 9.17) is 0 Å². The van der Waals surface area contributed by atoms with Gasteiger partial charge in [0.15, 0.2) is 0 Å². The molecule has 2 amide bonds. The van der Waals surface area contributed by atoms with E-state index >= 15 is 0 Å². The molecule has 6 heteroatoms. The average molecular weight is 448 g/mol. The van der Waals surface area contributed by atoms with Crippen molar-refractivity contribution in [3.8, 4) is 10.4 Å². The number of rotatable bonds is 6. The number of thiophene rings is 1. The van der Waals surface area contributed by atoms with E-state index in [1.54, 1.807) is 36.5 Å². The molecule has 3 heterocycles. The van der Waals surface area contributed by atoms with Gasteiger partial charge in [0.05, 0.1) is 11.8 Å². The third kappa shape index (κ3) is 4.91. The number of hydrogen-bond acceptors (Lipinski definition) is 4. The molecule has 1 aromatic carbocycles. The van der Waals surface area contributed by atoms with Crippen LogP contribution in [0.1, 0.15) is 24.1 Å². The van der Waals surface area contributed by atoms with Crippen molar-refractivity contribution in [1.29, 1.82) is 0 Å². The zero-order chi connectivity index (χ0) is 22.6. The number of hydrogen-bond donors (Lipinski definition) is 0. The highest BCUT2D eigenvalue weighted by Crippen LogP contribution is 2.37. The largest absolute Gasteiger partial charge is 0.348 e. The van der Waals surface area contributed by atoms with Crippen molar-refractivity contribution in [3.63, 3.8) is 0 Å². The standard InChI is InChI=1S/C26H29N3O2S/c1-28(2)25(31)26(18-20-8-5-9-21(16-20)23-11-6-15-32-23)12-7-14-29(19-26)24(30)17-22-10-3-4-13-27-22/h3-6,8-11,13,15-16H,7,12,14,17-19H2,1-2H3/t26-/m0/s1. The zero-order valence-corrected chi connectivity index (χ0v) is 19.5. The monoisotopic (exact) mass is 447 g/mol. The molecule has 0 saturated carbocycles. The summed E-state index contributed by atoms with van der Waals surface area (Å²) in [6, 6.07) is 18.2. The third-order valence-electron chi connectivity index (χ3n) is 6.12. The number of carbonyl (C=O) groups is 2. The second-order valence-electron chi connectivity index (χ2n) is 8.75. The van der Waals surface area contributed by atoms with Crippen LogP contribution in [0, 0.1) is 5.41 Å². The molecule has 1 atom stereocenters. The van der Waals surface area contributed by atoms with Crippen molar-refractivity contribution < 1.29 is 9.59 Å². The molecule has 2 aromatic heterocycles. The van der Waals surface area contributed by atoms with E-state index in [9.17, 15) is 9.59 Å². The van der Waals surface area contributed by atoms with Crippen LogP contribution < -0.4 is 0 Å². The van der Waals surface area contributed by atoms with E-state index in [2.05, 4.69) is 46.8 Å². The van der Waals surface area contributed by atoms with Crippen LogP contribution >= 0.6 is 11.3 Å². The van der Waals surface area contributed by atoms with Gasteiger partial charge in [-0.3, -0.25) is 14.6 Å². The van der Waals surface area contributed by atoms with Gasteiger partial charge in [0.1, 0.15) is 0 Å². The summed E-state index contributed by atoms with van der Waals surface area (Å²) >= 11 is 1.71. The first-order valence-electron chi connectivity index (χ1n) is 11.0. The van der Waals surface area contributed by atoms with Crippen LogP contribution in [0.2, 0.25) is 0 Å². The Hall–Kier alpha value is -2.99. The van der Waals surface area contributed by atoms with Gasteiger partial charge < -0.3 is 9.80 Å². The molecule has 0 N–H and O–H groups in total. The van der Waals surface area contributed by atoms with Crippen LogP contribution in [-0.4, -0.2) is 53.8 Å². The zero-order valence-electron chi connectivity index (χ0n) is 18.7. The summed E-state index contributed by atoms with van der Waals surface area (Å²) in [4.78, 5) is 35.6. The van der Waals surface area contributed by atoms with Crippen LogP contribution in [0.4, 0.5) is 0 Å². The molecular formula is C26H29N3O2S. The summed E-state index contributed by atoms with van der Waals surface area (Å²) in [5.41, 5.74) is 2.44. The highest BCUT2D eigenvalue weighted by molar-refractivity contribution is 7.13. The quantitative estimate of drug-likeness (QED) is 0.566. The minimum absolute atomic E-state index is 0.0340. The van der Waals surface area contributed by atoms with Gasteiger partial charge in [-0.1, -0.05) is 36.4 Å². The SMILES string of the molecule is CN(C)C(=O)[C@]1(Cc2cccc(-c3cccs3)c2)CCCN(C(=O)Cc2ccccn2)C1. The molecule has 166 valence electrons. The first-order valence-corrected chi connectivity index (χ1v) is 11.9. The average Bonchev–Trinajstić information content (AvgIpc) is 3.34. The number of benzene rings is 1. The Labute approximate surface area is 193 Å². The highest BCUT2D eigenvalue weighted by atomic mass is 32.1. The summed E-state index contributed by atoms with van der Waals surface area (Å²) in [5, 5.41) is 2.07. The minimum Gasteiger partial charge on any atom is -0.348 e. The van der Waals surface area contributed by atoms with Gasteiger partial charge in [-0.15, -0.1) is 11.3 Å². The summed E-state index contributed by atoms with van der Waals surface area (Å²) in [7, 11) is 3.61. The highest BCUT2D eigenvalue weighted by Gasteiger charge is 2.44. The second kappa shape index (κ2) is 9.65. The van der Waals surface area contributed by atoms with E-state index in [1.807, 2.05) is 23.1 Å². The van der Waals surface area contributed by atoms with Gasteiger partial charge in [0.25, 0.3) is 0 Å². The lowest BCUT2D eigenvalue weighted by Gasteiger charge is -2.43. The molecule has 1 saturated heterocycles. The lowest BCUT2D eigenvalue weighted by molar-refractivity contribution is -0.147. The van der Waals surface area contributed by atoms with Crippen molar-refractivity contribution in [3.05, 3.63) is 77.4 Å². The summed E-state index contributed by atoms with van der Waals surface area (Å²) in [5.74, 6) is 0.126. The fraction of sp³-hybridized carbons (Fsp3) is 0.346. The number of likely N-dealkylation sites (tertiary alicyclic amines) is 1. The second-order valence-corrected chi connectivity index (χ2v) is 9.70. The Morgan fingerprint density at radius 2 is 2.00 bits per heavy atom. The molecular weight excluding hydrogens is 418 g/mol. The van der Waals surface area contributed by atoms with Gasteiger partial charge >= 0.3 is 0 Å². The molecule has 0 spiro atoms. The molecule has 32 heavy (non-hydrogen) atoms. The Kier molecular flexibility index (Phi) is 6.70. The van der Waals surface area contributed by atoms with Crippen LogP contribution in [0.5, 0.6) is 0 Å². The van der Waals surface area contributed by atoms with Crippen molar-refractivity contribution in [2.24, 2.45) is 5.41 Å². The molecule has 0 radical (unpaired) electrons. The van der Waals surface area contributed by atoms with E-state index < -0.39 is 5.41 Å². The number of aromatic nitrogens is 1. The topological polar surface area (TPSA) is 53.5 Å². The normalized spacial score (nSPS) is 18.4. The molecule has 0 bridgehead atoms. The van der Waals surface area contributed by atoms with Crippen LogP contribution in [-0.2, 0) is 22.4 Å². The maximum atomic E-state index is 13.4. The first kappa shape index (κ1) is 22.2. The van der Waals surface area contributed by atoms with Crippen LogP contribution in [0.25, 0.3) is 10.4 Å². The van der Waals surface area contributed by atoms with E-state index in [-0.39, 0.29) is 18.2 Å². The fourth-order valence-electron chi connectivity index (χ4n) is 4.65. The minimum atomic E-state index is -0.615. The summed E-state index contributed by atoms with van der Waals surface area (Å²) in [6.07, 6.45) is 4.19. The van der Waals surface area contributed by atoms with E-state index in [1.165, 1.54) is 10.4 Å². The Morgan fingerprint density at radius 1 is 1.12 bits per heavy atom. The number of nitrogens with zero attached hydrogens (tertiary/aromatic N) is 3. The molecule has 1 aliphatic rings. The predicted octanol–water partition coefficient (Wildman–Crippen LogP) is 4.29. The Bertz CT molecular complexity index is 1070. The maximum absolute atomic E-state index is 13.4. The summed E-state index contributed by atoms with van der Waals surface area (Å²) in [6.45, 7) is 1.13. The first-order chi connectivity index (χ1) is 15.5. The van der Waals surface area contributed by atoms with Gasteiger partial charge in [0, 0.05) is 44.0 Å². The molecule has 4 rings (SSSR count). The van der Waals surface area contributed by atoms with Crippen LogP contribution in [0.15, 0.2) is 66.2 Å². The smallest absolute Gasteiger partial charge is 0.230 e. The van der Waals surface area contributed by atoms with Gasteiger partial charge in [-0.05, 0) is 54.0 Å². The van der Waals surface area contributed by atoms with Gasteiger partial charge in [0.2, 0.25) is 11.8 Å².